The summed E-state index contributed by atoms with van der Waals surface area (Å²) in [5, 5.41) is 12.3. The summed E-state index contributed by atoms with van der Waals surface area (Å²) in [6, 6.07) is -0.200. The van der Waals surface area contributed by atoms with E-state index in [1.54, 1.807) is 11.1 Å². The Bertz CT molecular complexity index is 528. The maximum absolute atomic E-state index is 12.1. The molecule has 1 aliphatic rings. The first-order valence-electron chi connectivity index (χ1n) is 7.02. The van der Waals surface area contributed by atoms with E-state index in [0.717, 1.165) is 4.88 Å². The molecule has 1 aromatic heterocycles. The average molecular weight is 311 g/mol. The van der Waals surface area contributed by atoms with Crippen molar-refractivity contribution in [3.05, 3.63) is 11.1 Å². The van der Waals surface area contributed by atoms with Gasteiger partial charge in [-0.3, -0.25) is 10.1 Å². The molecule has 1 fully saturated rings. The van der Waals surface area contributed by atoms with E-state index in [9.17, 15) is 9.59 Å². The molecule has 0 unspecified atom stereocenters. The Morgan fingerprint density at radius 2 is 2.00 bits per heavy atom. The fraction of sp³-hybridized carbons (Fsp3) is 0.643. The van der Waals surface area contributed by atoms with Crippen LogP contribution in [-0.4, -0.2) is 40.1 Å². The van der Waals surface area contributed by atoms with Crippen LogP contribution < -0.4 is 5.32 Å². The molecule has 0 aromatic carbocycles. The van der Waals surface area contributed by atoms with Crippen molar-refractivity contribution in [1.82, 2.24) is 9.88 Å². The summed E-state index contributed by atoms with van der Waals surface area (Å²) < 4.78 is 0. The number of piperidine rings is 1. The number of hydrogen-bond acceptors (Lipinski definition) is 4. The Morgan fingerprint density at radius 3 is 2.48 bits per heavy atom. The number of carboxylic acids is 1. The minimum absolute atomic E-state index is 0.0144. The predicted molar refractivity (Wildman–Crippen MR) is 81.8 cm³/mol. The highest BCUT2D eigenvalue weighted by Gasteiger charge is 2.27. The molecule has 0 aliphatic carbocycles. The number of anilines is 1. The molecule has 0 saturated carbocycles. The Labute approximate surface area is 128 Å². The van der Waals surface area contributed by atoms with E-state index in [2.05, 4.69) is 31.1 Å². The molecule has 2 N–H and O–H groups in total. The fourth-order valence-electron chi connectivity index (χ4n) is 2.18. The molecule has 2 heterocycles. The molecule has 1 aliphatic heterocycles. The van der Waals surface area contributed by atoms with Crippen molar-refractivity contribution >= 4 is 28.5 Å². The number of aliphatic carboxylic acids is 1. The number of thiazole rings is 1. The Kier molecular flexibility index (Phi) is 4.51. The lowest BCUT2D eigenvalue weighted by molar-refractivity contribution is -0.143. The van der Waals surface area contributed by atoms with Gasteiger partial charge in [0.1, 0.15) is 0 Å². The molecule has 116 valence electrons. The first-order chi connectivity index (χ1) is 9.77. The van der Waals surface area contributed by atoms with Crippen LogP contribution in [0.4, 0.5) is 9.93 Å². The van der Waals surface area contributed by atoms with Gasteiger partial charge in [-0.2, -0.15) is 0 Å². The van der Waals surface area contributed by atoms with E-state index in [4.69, 9.17) is 5.11 Å². The molecule has 1 saturated heterocycles. The Balaban J connectivity index is 1.91. The largest absolute Gasteiger partial charge is 0.481 e. The van der Waals surface area contributed by atoms with Gasteiger partial charge < -0.3 is 10.0 Å². The highest BCUT2D eigenvalue weighted by Crippen LogP contribution is 2.30. The van der Waals surface area contributed by atoms with Crippen molar-refractivity contribution in [3.63, 3.8) is 0 Å². The highest BCUT2D eigenvalue weighted by molar-refractivity contribution is 7.15. The summed E-state index contributed by atoms with van der Waals surface area (Å²) in [4.78, 5) is 30.0. The van der Waals surface area contributed by atoms with Gasteiger partial charge in [0.2, 0.25) is 0 Å². The quantitative estimate of drug-likeness (QED) is 0.880. The third-order valence-corrected chi connectivity index (χ3v) is 4.93. The van der Waals surface area contributed by atoms with Crippen LogP contribution in [0, 0.1) is 5.92 Å². The number of amides is 2. The van der Waals surface area contributed by atoms with Crippen molar-refractivity contribution in [2.75, 3.05) is 18.4 Å². The van der Waals surface area contributed by atoms with E-state index in [1.165, 1.54) is 11.3 Å². The van der Waals surface area contributed by atoms with Gasteiger partial charge in [-0.15, -0.1) is 11.3 Å². The van der Waals surface area contributed by atoms with Gasteiger partial charge in [-0.05, 0) is 18.3 Å². The van der Waals surface area contributed by atoms with Crippen molar-refractivity contribution in [1.29, 1.82) is 0 Å². The van der Waals surface area contributed by atoms with Crippen LogP contribution in [0.3, 0.4) is 0 Å². The van der Waals surface area contributed by atoms with Crippen LogP contribution in [0.1, 0.15) is 38.5 Å². The molecular weight excluding hydrogens is 290 g/mol. The normalized spacial score (nSPS) is 16.8. The number of likely N-dealkylation sites (tertiary alicyclic amines) is 1. The third-order valence-electron chi connectivity index (χ3n) is 3.59. The van der Waals surface area contributed by atoms with Gasteiger partial charge in [-0.1, -0.05) is 20.8 Å². The van der Waals surface area contributed by atoms with Crippen LogP contribution in [0.5, 0.6) is 0 Å². The zero-order valence-electron chi connectivity index (χ0n) is 12.5. The second kappa shape index (κ2) is 6.01. The van der Waals surface area contributed by atoms with Crippen molar-refractivity contribution in [2.45, 2.75) is 39.0 Å². The second-order valence-corrected chi connectivity index (χ2v) is 7.34. The van der Waals surface area contributed by atoms with Gasteiger partial charge in [0.25, 0.3) is 0 Å². The smallest absolute Gasteiger partial charge is 0.323 e. The van der Waals surface area contributed by atoms with Crippen LogP contribution in [-0.2, 0) is 10.2 Å². The molecule has 2 amide bonds. The molecular formula is C14H21N3O3S. The van der Waals surface area contributed by atoms with Gasteiger partial charge in [0.05, 0.1) is 5.92 Å². The Hall–Kier alpha value is -1.63. The zero-order chi connectivity index (χ0) is 15.6. The van der Waals surface area contributed by atoms with Crippen molar-refractivity contribution < 1.29 is 14.7 Å². The number of rotatable bonds is 2. The van der Waals surface area contributed by atoms with Crippen LogP contribution in [0.15, 0.2) is 6.20 Å². The first kappa shape index (κ1) is 15.8. The summed E-state index contributed by atoms with van der Waals surface area (Å²) in [6.45, 7) is 7.25. The number of urea groups is 1. The molecule has 0 bridgehead atoms. The predicted octanol–water partition coefficient (Wildman–Crippen LogP) is 2.77. The molecule has 0 radical (unpaired) electrons. The van der Waals surface area contributed by atoms with Gasteiger partial charge in [0.15, 0.2) is 5.13 Å². The number of nitrogens with one attached hydrogen (secondary N) is 1. The average Bonchev–Trinajstić information content (AvgIpc) is 2.87. The zero-order valence-corrected chi connectivity index (χ0v) is 13.4. The topological polar surface area (TPSA) is 82.5 Å². The monoisotopic (exact) mass is 311 g/mol. The number of nitrogens with zero attached hydrogens (tertiary/aromatic N) is 2. The maximum Gasteiger partial charge on any atom is 0.323 e. The SMILES string of the molecule is CC(C)(C)c1cnc(NC(=O)N2CCC(C(=O)O)CC2)s1. The van der Waals surface area contributed by atoms with Gasteiger partial charge >= 0.3 is 12.0 Å². The standard InChI is InChI=1S/C14H21N3O3S/c1-14(2,3)10-8-15-12(21-10)16-13(20)17-6-4-9(5-7-17)11(18)19/h8-9H,4-7H2,1-3H3,(H,18,19)(H,15,16,20). The lowest BCUT2D eigenvalue weighted by Gasteiger charge is -2.29. The van der Waals surface area contributed by atoms with E-state index >= 15 is 0 Å². The van der Waals surface area contributed by atoms with Gasteiger partial charge in [0, 0.05) is 24.2 Å². The number of aromatic nitrogens is 1. The van der Waals surface area contributed by atoms with E-state index in [1.807, 2.05) is 0 Å². The summed E-state index contributed by atoms with van der Waals surface area (Å²) >= 11 is 1.47. The maximum atomic E-state index is 12.1. The minimum atomic E-state index is -0.773. The summed E-state index contributed by atoms with van der Waals surface area (Å²) in [7, 11) is 0. The highest BCUT2D eigenvalue weighted by atomic mass is 32.1. The van der Waals surface area contributed by atoms with E-state index in [-0.39, 0.29) is 17.4 Å². The van der Waals surface area contributed by atoms with Crippen LogP contribution in [0.25, 0.3) is 0 Å². The molecule has 0 spiro atoms. The molecule has 0 atom stereocenters. The second-order valence-electron chi connectivity index (χ2n) is 6.31. The third kappa shape index (κ3) is 3.93. The van der Waals surface area contributed by atoms with Gasteiger partial charge in [-0.25, -0.2) is 9.78 Å². The number of carbonyl (C=O) groups is 2. The molecule has 2 rings (SSSR count). The molecule has 1 aromatic rings. The number of hydrogen-bond donors (Lipinski definition) is 2. The van der Waals surface area contributed by atoms with E-state index < -0.39 is 5.97 Å². The lowest BCUT2D eigenvalue weighted by atomic mass is 9.96. The molecule has 21 heavy (non-hydrogen) atoms. The fourth-order valence-corrected chi connectivity index (χ4v) is 3.04. The summed E-state index contributed by atoms with van der Waals surface area (Å²) in [5.41, 5.74) is 0.0144. The van der Waals surface area contributed by atoms with E-state index in [0.29, 0.717) is 31.1 Å². The number of carboxylic acid groups (broad SMARTS) is 1. The lowest BCUT2D eigenvalue weighted by Crippen LogP contribution is -2.42. The van der Waals surface area contributed by atoms with Crippen molar-refractivity contribution in [3.8, 4) is 0 Å². The minimum Gasteiger partial charge on any atom is -0.481 e. The number of carbonyl (C=O) groups excluding carboxylic acids is 1. The van der Waals surface area contributed by atoms with Crippen molar-refractivity contribution in [2.24, 2.45) is 5.92 Å². The summed E-state index contributed by atoms with van der Waals surface area (Å²) in [5.74, 6) is -1.11. The van der Waals surface area contributed by atoms with Crippen LogP contribution >= 0.6 is 11.3 Å². The first-order valence-corrected chi connectivity index (χ1v) is 7.84. The molecule has 7 heteroatoms. The molecule has 6 nitrogen and oxygen atoms in total. The summed E-state index contributed by atoms with van der Waals surface area (Å²) in [6.07, 6.45) is 2.80. The Morgan fingerprint density at radius 1 is 1.38 bits per heavy atom. The van der Waals surface area contributed by atoms with Crippen LogP contribution in [0.2, 0.25) is 0 Å².